The van der Waals surface area contributed by atoms with Crippen LogP contribution in [0.15, 0.2) is 36.2 Å². The third kappa shape index (κ3) is 9.98. The Morgan fingerprint density at radius 3 is 2.19 bits per heavy atom. The fourth-order valence-electron chi connectivity index (χ4n) is 2.60. The van der Waals surface area contributed by atoms with Gasteiger partial charge in [0, 0.05) is 11.9 Å². The van der Waals surface area contributed by atoms with Crippen molar-refractivity contribution in [2.75, 3.05) is 13.1 Å². The molecule has 1 rings (SSSR count). The van der Waals surface area contributed by atoms with Crippen LogP contribution in [0.3, 0.4) is 0 Å². The van der Waals surface area contributed by atoms with Crippen LogP contribution < -0.4 is 35.6 Å². The molecular formula is C17H32LiN3. The Morgan fingerprint density at radius 2 is 1.48 bits per heavy atom. The topological polar surface area (TPSA) is 64.1 Å². The first-order chi connectivity index (χ1) is 9.88. The van der Waals surface area contributed by atoms with Crippen molar-refractivity contribution in [3.8, 4) is 0 Å². The molecule has 1 aliphatic rings. The second-order valence-corrected chi connectivity index (χ2v) is 5.48. The predicted molar refractivity (Wildman–Crippen MR) is 89.1 cm³/mol. The first-order valence-corrected chi connectivity index (χ1v) is 8.08. The zero-order valence-electron chi connectivity index (χ0n) is 14.7. The van der Waals surface area contributed by atoms with E-state index in [4.69, 9.17) is 11.5 Å². The van der Waals surface area contributed by atoms with E-state index < -0.39 is 0 Å². The van der Waals surface area contributed by atoms with E-state index in [0.29, 0.717) is 5.92 Å². The second-order valence-electron chi connectivity index (χ2n) is 5.48. The largest absolute Gasteiger partial charge is 1.00 e. The summed E-state index contributed by atoms with van der Waals surface area (Å²) in [6.07, 6.45) is 20.3. The third-order valence-electron chi connectivity index (χ3n) is 3.80. The average Bonchev–Trinajstić information content (AvgIpc) is 2.74. The van der Waals surface area contributed by atoms with E-state index in [1.165, 1.54) is 44.2 Å². The van der Waals surface area contributed by atoms with Gasteiger partial charge in [0.15, 0.2) is 0 Å². The fourth-order valence-corrected chi connectivity index (χ4v) is 2.60. The van der Waals surface area contributed by atoms with Crippen LogP contribution in [-0.2, 0) is 0 Å². The molecule has 1 aliphatic heterocycles. The minimum Gasteiger partial charge on any atom is -1.00 e. The zero-order chi connectivity index (χ0) is 14.5. The van der Waals surface area contributed by atoms with Crippen LogP contribution in [0.1, 0.15) is 52.8 Å². The Balaban J connectivity index is 0. The molecule has 0 aliphatic carbocycles. The number of hydrogen-bond donors (Lipinski definition) is 3. The Morgan fingerprint density at radius 1 is 0.857 bits per heavy atom. The Hall–Kier alpha value is -0.463. The van der Waals surface area contributed by atoms with Crippen LogP contribution in [0.4, 0.5) is 0 Å². The Kier molecular flexibility index (Phi) is 14.2. The van der Waals surface area contributed by atoms with Gasteiger partial charge < -0.3 is 18.2 Å². The van der Waals surface area contributed by atoms with E-state index in [1.807, 2.05) is 12.3 Å². The molecule has 0 radical (unpaired) electrons. The molecule has 0 amide bonds. The van der Waals surface area contributed by atoms with Gasteiger partial charge in [-0.25, -0.2) is 0 Å². The molecule has 0 aromatic heterocycles. The van der Waals surface area contributed by atoms with E-state index in [0.717, 1.165) is 25.9 Å². The monoisotopic (exact) mass is 285 g/mol. The summed E-state index contributed by atoms with van der Waals surface area (Å²) in [5, 5.41) is 3.43. The minimum atomic E-state index is 0. The van der Waals surface area contributed by atoms with Crippen LogP contribution in [0.5, 0.6) is 0 Å². The molecule has 0 saturated carbocycles. The van der Waals surface area contributed by atoms with Gasteiger partial charge in [0.25, 0.3) is 0 Å². The van der Waals surface area contributed by atoms with Gasteiger partial charge in [0.1, 0.15) is 0 Å². The van der Waals surface area contributed by atoms with E-state index in [2.05, 4.69) is 23.5 Å². The number of allylic oxidation sites excluding steroid dienone is 5. The summed E-state index contributed by atoms with van der Waals surface area (Å²) in [4.78, 5) is 0. The molecule has 4 heteroatoms. The van der Waals surface area contributed by atoms with E-state index in [-0.39, 0.29) is 20.3 Å². The van der Waals surface area contributed by atoms with Crippen molar-refractivity contribution in [3.05, 3.63) is 36.2 Å². The summed E-state index contributed by atoms with van der Waals surface area (Å²) < 4.78 is 0. The minimum absolute atomic E-state index is 0. The standard InChI is InChI=1S/C17H31N3.Li.H/c18-13-7-2-1-4-10-16(11-6-8-14-19)17-12-5-3-9-15-20-17;;/h3,5,9,12,15-16,20H,1-2,4,6-8,10-11,13-14,18-19H2;;/q;+1;-1. The third-order valence-corrected chi connectivity index (χ3v) is 3.80. The second kappa shape index (κ2) is 14.5. The van der Waals surface area contributed by atoms with Crippen molar-refractivity contribution < 1.29 is 20.3 Å². The molecule has 3 nitrogen and oxygen atoms in total. The van der Waals surface area contributed by atoms with Gasteiger partial charge in [0.05, 0.1) is 0 Å². The zero-order valence-corrected chi connectivity index (χ0v) is 13.7. The van der Waals surface area contributed by atoms with Crippen molar-refractivity contribution in [3.63, 3.8) is 0 Å². The molecule has 116 valence electrons. The SMILES string of the molecule is NCCCCCCC(CCCCN)C1=CC=CC=CN1.[H-].[Li+]. The Labute approximate surface area is 144 Å². The van der Waals surface area contributed by atoms with Gasteiger partial charge in [-0.2, -0.15) is 0 Å². The number of hydrogen-bond acceptors (Lipinski definition) is 3. The van der Waals surface area contributed by atoms with Gasteiger partial charge in [-0.15, -0.1) is 0 Å². The molecule has 0 spiro atoms. The number of nitrogens with one attached hydrogen (secondary N) is 1. The van der Waals surface area contributed by atoms with E-state index in [1.54, 1.807) is 0 Å². The summed E-state index contributed by atoms with van der Waals surface area (Å²) in [5.74, 6) is 0.631. The van der Waals surface area contributed by atoms with Crippen molar-refractivity contribution in [1.29, 1.82) is 0 Å². The molecule has 0 fully saturated rings. The van der Waals surface area contributed by atoms with Crippen LogP contribution in [0.25, 0.3) is 0 Å². The molecule has 1 atom stereocenters. The van der Waals surface area contributed by atoms with Crippen molar-refractivity contribution in [1.82, 2.24) is 5.32 Å². The molecule has 1 unspecified atom stereocenters. The first kappa shape index (κ1) is 20.5. The molecule has 0 saturated heterocycles. The van der Waals surface area contributed by atoms with Gasteiger partial charge >= 0.3 is 18.9 Å². The van der Waals surface area contributed by atoms with Crippen molar-refractivity contribution >= 4 is 0 Å². The number of unbranched alkanes of at least 4 members (excludes halogenated alkanes) is 4. The van der Waals surface area contributed by atoms with Crippen LogP contribution >= 0.6 is 0 Å². The number of rotatable bonds is 11. The molecule has 21 heavy (non-hydrogen) atoms. The molecule has 0 aromatic carbocycles. The van der Waals surface area contributed by atoms with Gasteiger partial charge in [-0.3, -0.25) is 0 Å². The summed E-state index contributed by atoms with van der Waals surface area (Å²) in [7, 11) is 0. The van der Waals surface area contributed by atoms with Crippen LogP contribution in [0, 0.1) is 5.92 Å². The van der Waals surface area contributed by atoms with Crippen LogP contribution in [0.2, 0.25) is 0 Å². The van der Waals surface area contributed by atoms with Gasteiger partial charge in [0.2, 0.25) is 0 Å². The van der Waals surface area contributed by atoms with Gasteiger partial charge in [-0.05, 0) is 56.8 Å². The van der Waals surface area contributed by atoms with E-state index >= 15 is 0 Å². The molecule has 1 heterocycles. The summed E-state index contributed by atoms with van der Waals surface area (Å²) in [5.41, 5.74) is 12.5. The summed E-state index contributed by atoms with van der Waals surface area (Å²) in [6.45, 7) is 1.62. The maximum Gasteiger partial charge on any atom is 1.00 e. The maximum absolute atomic E-state index is 5.61. The Bertz CT molecular complexity index is 330. The fraction of sp³-hybridized carbons (Fsp3) is 0.647. The predicted octanol–water partition coefficient (Wildman–Crippen LogP) is 0.314. The van der Waals surface area contributed by atoms with Crippen molar-refractivity contribution in [2.45, 2.75) is 51.4 Å². The average molecular weight is 285 g/mol. The first-order valence-electron chi connectivity index (χ1n) is 8.08. The molecule has 0 bridgehead atoms. The maximum atomic E-state index is 5.61. The van der Waals surface area contributed by atoms with E-state index in [9.17, 15) is 0 Å². The smallest absolute Gasteiger partial charge is 1.00 e. The molecule has 0 aromatic rings. The van der Waals surface area contributed by atoms with Crippen LogP contribution in [-0.4, -0.2) is 13.1 Å². The van der Waals surface area contributed by atoms with Gasteiger partial charge in [-0.1, -0.05) is 37.8 Å². The number of nitrogens with two attached hydrogens (primary N) is 2. The quantitative estimate of drug-likeness (QED) is 0.378. The van der Waals surface area contributed by atoms with Crippen molar-refractivity contribution in [2.24, 2.45) is 17.4 Å². The molecular weight excluding hydrogens is 253 g/mol. The normalized spacial score (nSPS) is 14.9. The summed E-state index contributed by atoms with van der Waals surface area (Å²) in [6, 6.07) is 0. The molecule has 5 N–H and O–H groups in total. The summed E-state index contributed by atoms with van der Waals surface area (Å²) >= 11 is 0.